The number of nitrogens with two attached hydrogens (primary N) is 1. The molecule has 0 spiro atoms. The van der Waals surface area contributed by atoms with Crippen LogP contribution in [0.15, 0.2) is 0 Å². The number of ketones is 1. The number of alkyl carbamates (subject to hydrolysis) is 1. The molecule has 0 rings (SSSR count). The molecule has 1 amide bonds. The Morgan fingerprint density at radius 3 is 2.47 bits per heavy atom. The van der Waals surface area contributed by atoms with Crippen molar-refractivity contribution in [2.75, 3.05) is 13.7 Å². The first kappa shape index (κ1) is 13.9. The zero-order valence-corrected chi connectivity index (χ0v) is 9.58. The molecule has 5 heteroatoms. The molecule has 0 heterocycles. The predicted octanol–water partition coefficient (Wildman–Crippen LogP) is 0.675. The van der Waals surface area contributed by atoms with E-state index < -0.39 is 12.1 Å². The van der Waals surface area contributed by atoms with Gasteiger partial charge in [-0.25, -0.2) is 4.79 Å². The molecule has 0 aromatic carbocycles. The number of methoxy groups -OCH3 is 1. The minimum absolute atomic E-state index is 0.0337. The Hall–Kier alpha value is -1.10. The minimum Gasteiger partial charge on any atom is -0.453 e. The van der Waals surface area contributed by atoms with E-state index in [4.69, 9.17) is 5.73 Å². The van der Waals surface area contributed by atoms with Gasteiger partial charge in [-0.1, -0.05) is 13.8 Å². The van der Waals surface area contributed by atoms with Crippen molar-refractivity contribution >= 4 is 11.9 Å². The van der Waals surface area contributed by atoms with Gasteiger partial charge in [-0.3, -0.25) is 4.79 Å². The smallest absolute Gasteiger partial charge is 0.406 e. The zero-order chi connectivity index (χ0) is 11.8. The highest BCUT2D eigenvalue weighted by atomic mass is 16.5. The molecule has 0 aliphatic carbocycles. The quantitative estimate of drug-likeness (QED) is 0.639. The van der Waals surface area contributed by atoms with Gasteiger partial charge in [0.2, 0.25) is 0 Å². The molecule has 3 N–H and O–H groups in total. The van der Waals surface area contributed by atoms with E-state index in [1.54, 1.807) is 0 Å². The lowest BCUT2D eigenvalue weighted by Gasteiger charge is -2.12. The molecule has 0 aliphatic rings. The molecule has 0 saturated carbocycles. The number of nitrogens with one attached hydrogen (secondary N) is 1. The monoisotopic (exact) mass is 216 g/mol. The van der Waals surface area contributed by atoms with Gasteiger partial charge in [0.25, 0.3) is 0 Å². The summed E-state index contributed by atoms with van der Waals surface area (Å²) in [7, 11) is 1.31. The van der Waals surface area contributed by atoms with Crippen LogP contribution < -0.4 is 11.1 Å². The third-order valence-electron chi connectivity index (χ3n) is 2.08. The van der Waals surface area contributed by atoms with Gasteiger partial charge in [0.05, 0.1) is 13.2 Å². The van der Waals surface area contributed by atoms with Crippen molar-refractivity contribution in [2.24, 2.45) is 11.7 Å². The minimum atomic E-state index is -0.459. The van der Waals surface area contributed by atoms with E-state index in [9.17, 15) is 9.59 Å². The first-order valence-corrected chi connectivity index (χ1v) is 5.10. The highest BCUT2D eigenvalue weighted by Gasteiger charge is 2.16. The lowest BCUT2D eigenvalue weighted by atomic mass is 9.99. The summed E-state index contributed by atoms with van der Waals surface area (Å²) < 4.78 is 4.39. The van der Waals surface area contributed by atoms with E-state index in [0.717, 1.165) is 0 Å². The SMILES string of the molecule is COC(=O)NCCCC(N)C(=O)C(C)C. The summed E-state index contributed by atoms with van der Waals surface area (Å²) in [6, 6.07) is -0.426. The highest BCUT2D eigenvalue weighted by Crippen LogP contribution is 2.03. The number of amides is 1. The molecule has 88 valence electrons. The summed E-state index contributed by atoms with van der Waals surface area (Å²) in [5.41, 5.74) is 5.67. The van der Waals surface area contributed by atoms with Gasteiger partial charge in [0, 0.05) is 12.5 Å². The molecule has 0 aromatic heterocycles. The predicted molar refractivity (Wildman–Crippen MR) is 57.5 cm³/mol. The third kappa shape index (κ3) is 6.06. The van der Waals surface area contributed by atoms with Crippen LogP contribution in [0, 0.1) is 5.92 Å². The molecule has 5 nitrogen and oxygen atoms in total. The first-order valence-electron chi connectivity index (χ1n) is 5.10. The summed E-state index contributed by atoms with van der Waals surface area (Å²) in [6.07, 6.45) is 0.800. The van der Waals surface area contributed by atoms with Crippen LogP contribution in [0.2, 0.25) is 0 Å². The van der Waals surface area contributed by atoms with E-state index in [1.807, 2.05) is 13.8 Å². The zero-order valence-electron chi connectivity index (χ0n) is 9.58. The van der Waals surface area contributed by atoms with E-state index in [2.05, 4.69) is 10.1 Å². The Kier molecular flexibility index (Phi) is 6.70. The Morgan fingerprint density at radius 1 is 1.40 bits per heavy atom. The van der Waals surface area contributed by atoms with Crippen molar-refractivity contribution in [3.05, 3.63) is 0 Å². The standard InChI is InChI=1S/C10H20N2O3/c1-7(2)9(13)8(11)5-4-6-12-10(14)15-3/h7-8H,4-6,11H2,1-3H3,(H,12,14). The molecule has 0 aromatic rings. The van der Waals surface area contributed by atoms with Crippen LogP contribution in [-0.4, -0.2) is 31.6 Å². The maximum atomic E-state index is 11.4. The van der Waals surface area contributed by atoms with Crippen LogP contribution in [-0.2, 0) is 9.53 Å². The fraction of sp³-hybridized carbons (Fsp3) is 0.800. The summed E-state index contributed by atoms with van der Waals surface area (Å²) in [4.78, 5) is 22.1. The number of carbonyl (C=O) groups is 2. The normalized spacial score (nSPS) is 12.3. The van der Waals surface area contributed by atoms with Crippen molar-refractivity contribution in [3.63, 3.8) is 0 Å². The number of rotatable bonds is 6. The largest absolute Gasteiger partial charge is 0.453 e. The van der Waals surface area contributed by atoms with Crippen molar-refractivity contribution < 1.29 is 14.3 Å². The van der Waals surface area contributed by atoms with Gasteiger partial charge < -0.3 is 15.8 Å². The van der Waals surface area contributed by atoms with Gasteiger partial charge in [-0.15, -0.1) is 0 Å². The molecule has 0 radical (unpaired) electrons. The number of hydrogen-bond acceptors (Lipinski definition) is 4. The number of hydrogen-bond donors (Lipinski definition) is 2. The van der Waals surface area contributed by atoms with Crippen LogP contribution in [0.5, 0.6) is 0 Å². The molecule has 1 unspecified atom stereocenters. The molecule has 0 fully saturated rings. The lowest BCUT2D eigenvalue weighted by Crippen LogP contribution is -2.34. The van der Waals surface area contributed by atoms with Crippen LogP contribution in [0.3, 0.4) is 0 Å². The third-order valence-corrected chi connectivity index (χ3v) is 2.08. The van der Waals surface area contributed by atoms with Crippen LogP contribution in [0.25, 0.3) is 0 Å². The summed E-state index contributed by atoms with van der Waals surface area (Å²) in [5.74, 6) is 0.0293. The molecule has 0 saturated heterocycles. The summed E-state index contributed by atoms with van der Waals surface area (Å²) in [6.45, 7) is 4.13. The second-order valence-corrected chi connectivity index (χ2v) is 3.72. The lowest BCUT2D eigenvalue weighted by molar-refractivity contribution is -0.123. The maximum Gasteiger partial charge on any atom is 0.406 e. The molecule has 15 heavy (non-hydrogen) atoms. The van der Waals surface area contributed by atoms with Crippen LogP contribution >= 0.6 is 0 Å². The molecule has 0 bridgehead atoms. The van der Waals surface area contributed by atoms with E-state index in [1.165, 1.54) is 7.11 Å². The summed E-state index contributed by atoms with van der Waals surface area (Å²) >= 11 is 0. The second-order valence-electron chi connectivity index (χ2n) is 3.72. The van der Waals surface area contributed by atoms with Crippen molar-refractivity contribution in [1.29, 1.82) is 0 Å². The van der Waals surface area contributed by atoms with E-state index in [0.29, 0.717) is 19.4 Å². The Bertz CT molecular complexity index is 217. The maximum absolute atomic E-state index is 11.4. The molecular formula is C10H20N2O3. The van der Waals surface area contributed by atoms with Gasteiger partial charge in [0.15, 0.2) is 5.78 Å². The number of ether oxygens (including phenoxy) is 1. The van der Waals surface area contributed by atoms with Gasteiger partial charge >= 0.3 is 6.09 Å². The van der Waals surface area contributed by atoms with Crippen LogP contribution in [0.1, 0.15) is 26.7 Å². The average Bonchev–Trinajstić information content (AvgIpc) is 2.22. The average molecular weight is 216 g/mol. The molecule has 1 atom stereocenters. The number of Topliss-reactive ketones (excluding diaryl/α,β-unsaturated/α-hetero) is 1. The van der Waals surface area contributed by atoms with Crippen molar-refractivity contribution in [3.8, 4) is 0 Å². The molecule has 0 aliphatic heterocycles. The van der Waals surface area contributed by atoms with Crippen molar-refractivity contribution in [2.45, 2.75) is 32.7 Å². The van der Waals surface area contributed by atoms with Crippen molar-refractivity contribution in [1.82, 2.24) is 5.32 Å². The van der Waals surface area contributed by atoms with Gasteiger partial charge in [-0.2, -0.15) is 0 Å². The van der Waals surface area contributed by atoms with Crippen LogP contribution in [0.4, 0.5) is 4.79 Å². The second kappa shape index (κ2) is 7.23. The molecular weight excluding hydrogens is 196 g/mol. The Labute approximate surface area is 90.4 Å². The Balaban J connectivity index is 3.59. The summed E-state index contributed by atoms with van der Waals surface area (Å²) in [5, 5.41) is 2.53. The fourth-order valence-corrected chi connectivity index (χ4v) is 1.16. The fourth-order valence-electron chi connectivity index (χ4n) is 1.16. The first-order chi connectivity index (χ1) is 6.99. The Morgan fingerprint density at radius 2 is 2.00 bits per heavy atom. The van der Waals surface area contributed by atoms with E-state index in [-0.39, 0.29) is 11.7 Å². The topological polar surface area (TPSA) is 81.4 Å². The van der Waals surface area contributed by atoms with Gasteiger partial charge in [0.1, 0.15) is 0 Å². The van der Waals surface area contributed by atoms with E-state index >= 15 is 0 Å². The highest BCUT2D eigenvalue weighted by molar-refractivity contribution is 5.85. The number of carbonyl (C=O) groups excluding carboxylic acids is 2. The van der Waals surface area contributed by atoms with Gasteiger partial charge in [-0.05, 0) is 12.8 Å².